The van der Waals surface area contributed by atoms with Crippen molar-refractivity contribution in [2.75, 3.05) is 0 Å². The smallest absolute Gasteiger partial charge is 0.156 e. The average molecular weight is 307 g/mol. The molecule has 1 aromatic heterocycles. The van der Waals surface area contributed by atoms with Crippen molar-refractivity contribution in [3.63, 3.8) is 0 Å². The monoisotopic (exact) mass is 305 g/mol. The van der Waals surface area contributed by atoms with Crippen molar-refractivity contribution in [2.45, 2.75) is 9.24 Å². The summed E-state index contributed by atoms with van der Waals surface area (Å²) in [5.41, 5.74) is 0. The summed E-state index contributed by atoms with van der Waals surface area (Å²) >= 11 is 12.3. The molecule has 14 heavy (non-hydrogen) atoms. The average Bonchev–Trinajstić information content (AvgIpc) is 2.51. The van der Waals surface area contributed by atoms with Gasteiger partial charge in [-0.25, -0.2) is 4.98 Å². The Morgan fingerprint density at radius 3 is 2.93 bits per heavy atom. The topological polar surface area (TPSA) is 12.9 Å². The van der Waals surface area contributed by atoms with Gasteiger partial charge in [-0.15, -0.1) is 11.3 Å². The predicted octanol–water partition coefficient (Wildman–Crippen LogP) is 4.71. The van der Waals surface area contributed by atoms with Gasteiger partial charge in [-0.05, 0) is 18.2 Å². The molecule has 72 valence electrons. The quantitative estimate of drug-likeness (QED) is 0.797. The third-order valence-corrected chi connectivity index (χ3v) is 4.20. The zero-order valence-electron chi connectivity index (χ0n) is 6.91. The second-order valence-corrected chi connectivity index (χ2v) is 5.98. The lowest BCUT2D eigenvalue weighted by Gasteiger charge is -1.97. The van der Waals surface area contributed by atoms with E-state index in [1.54, 1.807) is 23.1 Å². The number of hydrogen-bond donors (Lipinski definition) is 0. The number of thiazole rings is 1. The Hall–Kier alpha value is -0.0300. The van der Waals surface area contributed by atoms with Crippen LogP contribution < -0.4 is 0 Å². The Labute approximate surface area is 104 Å². The highest BCUT2D eigenvalue weighted by atomic mass is 79.9. The maximum atomic E-state index is 5.73. The summed E-state index contributed by atoms with van der Waals surface area (Å²) in [7, 11) is 0. The Kier molecular flexibility index (Phi) is 3.49. The number of hydrogen-bond acceptors (Lipinski definition) is 3. The Bertz CT molecular complexity index is 444. The first-order chi connectivity index (χ1) is 6.74. The lowest BCUT2D eigenvalue weighted by Crippen LogP contribution is -1.72. The van der Waals surface area contributed by atoms with Crippen molar-refractivity contribution in [1.29, 1.82) is 0 Å². The molecule has 2 rings (SSSR count). The third-order valence-electron chi connectivity index (χ3n) is 1.46. The number of aromatic nitrogens is 1. The highest BCUT2D eigenvalue weighted by Crippen LogP contribution is 2.32. The lowest BCUT2D eigenvalue weighted by molar-refractivity contribution is 1.24. The van der Waals surface area contributed by atoms with Gasteiger partial charge in [0.15, 0.2) is 4.34 Å². The Morgan fingerprint density at radius 1 is 1.43 bits per heavy atom. The van der Waals surface area contributed by atoms with Gasteiger partial charge in [-0.1, -0.05) is 45.4 Å². The van der Waals surface area contributed by atoms with Crippen LogP contribution in [0.1, 0.15) is 0 Å². The van der Waals surface area contributed by atoms with E-state index in [9.17, 15) is 0 Å². The molecule has 0 radical (unpaired) electrons. The molecular formula is C9H5BrClNS2. The van der Waals surface area contributed by atoms with Crippen LogP contribution in [0.25, 0.3) is 0 Å². The Balaban J connectivity index is 2.18. The number of halogens is 2. The van der Waals surface area contributed by atoms with Crippen molar-refractivity contribution in [3.05, 3.63) is 39.3 Å². The highest BCUT2D eigenvalue weighted by Gasteiger charge is 2.02. The molecule has 0 atom stereocenters. The van der Waals surface area contributed by atoms with Crippen LogP contribution >= 0.6 is 50.6 Å². The van der Waals surface area contributed by atoms with Crippen LogP contribution in [0.15, 0.2) is 43.4 Å². The van der Waals surface area contributed by atoms with Crippen molar-refractivity contribution >= 4 is 50.6 Å². The van der Waals surface area contributed by atoms with E-state index in [-0.39, 0.29) is 0 Å². The van der Waals surface area contributed by atoms with Crippen LogP contribution in [0.2, 0.25) is 5.15 Å². The first-order valence-electron chi connectivity index (χ1n) is 3.78. The van der Waals surface area contributed by atoms with Gasteiger partial charge in [0.25, 0.3) is 0 Å². The van der Waals surface area contributed by atoms with Gasteiger partial charge < -0.3 is 0 Å². The molecule has 0 N–H and O–H groups in total. The minimum absolute atomic E-state index is 0.562. The molecule has 0 fully saturated rings. The van der Waals surface area contributed by atoms with Crippen molar-refractivity contribution in [2.24, 2.45) is 0 Å². The van der Waals surface area contributed by atoms with E-state index < -0.39 is 0 Å². The molecule has 0 aliphatic carbocycles. The van der Waals surface area contributed by atoms with Crippen LogP contribution in [0, 0.1) is 0 Å². The number of benzene rings is 1. The van der Waals surface area contributed by atoms with E-state index in [0.29, 0.717) is 5.15 Å². The van der Waals surface area contributed by atoms with Gasteiger partial charge in [-0.2, -0.15) is 0 Å². The molecular weight excluding hydrogens is 302 g/mol. The van der Waals surface area contributed by atoms with Gasteiger partial charge in [0.2, 0.25) is 0 Å². The van der Waals surface area contributed by atoms with Crippen LogP contribution in [-0.4, -0.2) is 4.98 Å². The molecule has 2 aromatic rings. The molecule has 0 saturated carbocycles. The SMILES string of the molecule is Clc1csc(Sc2cccc(Br)c2)n1. The van der Waals surface area contributed by atoms with E-state index in [1.807, 2.05) is 23.6 Å². The minimum Gasteiger partial charge on any atom is -0.218 e. The number of rotatable bonds is 2. The van der Waals surface area contributed by atoms with Gasteiger partial charge in [-0.3, -0.25) is 0 Å². The third kappa shape index (κ3) is 2.73. The summed E-state index contributed by atoms with van der Waals surface area (Å²) in [6.07, 6.45) is 0. The first-order valence-corrected chi connectivity index (χ1v) is 6.65. The van der Waals surface area contributed by atoms with Crippen LogP contribution in [0.5, 0.6) is 0 Å². The standard InChI is InChI=1S/C9H5BrClNS2/c10-6-2-1-3-7(4-6)14-9-12-8(11)5-13-9/h1-5H. The zero-order valence-corrected chi connectivity index (χ0v) is 10.9. The molecule has 0 spiro atoms. The Morgan fingerprint density at radius 2 is 2.29 bits per heavy atom. The van der Waals surface area contributed by atoms with Gasteiger partial charge in [0.05, 0.1) is 0 Å². The fourth-order valence-electron chi connectivity index (χ4n) is 0.917. The van der Waals surface area contributed by atoms with Crippen molar-refractivity contribution in [1.82, 2.24) is 4.98 Å². The second-order valence-electron chi connectivity index (χ2n) is 2.50. The maximum Gasteiger partial charge on any atom is 0.156 e. The summed E-state index contributed by atoms with van der Waals surface area (Å²) in [6.45, 7) is 0. The van der Waals surface area contributed by atoms with E-state index >= 15 is 0 Å². The van der Waals surface area contributed by atoms with Gasteiger partial charge >= 0.3 is 0 Å². The molecule has 0 amide bonds. The molecule has 1 nitrogen and oxygen atoms in total. The van der Waals surface area contributed by atoms with Crippen LogP contribution in [0.4, 0.5) is 0 Å². The first kappa shape index (κ1) is 10.5. The fourth-order valence-corrected chi connectivity index (χ4v) is 3.49. The summed E-state index contributed by atoms with van der Waals surface area (Å²) in [5, 5.41) is 2.40. The maximum absolute atomic E-state index is 5.73. The zero-order chi connectivity index (χ0) is 9.97. The highest BCUT2D eigenvalue weighted by molar-refractivity contribution is 9.10. The van der Waals surface area contributed by atoms with Crippen LogP contribution in [0.3, 0.4) is 0 Å². The summed E-state index contributed by atoms with van der Waals surface area (Å²) < 4.78 is 2.04. The van der Waals surface area contributed by atoms with Crippen LogP contribution in [-0.2, 0) is 0 Å². The molecule has 0 aliphatic heterocycles. The largest absolute Gasteiger partial charge is 0.218 e. The molecule has 0 bridgehead atoms. The molecule has 0 unspecified atom stereocenters. The van der Waals surface area contributed by atoms with Crippen molar-refractivity contribution < 1.29 is 0 Å². The summed E-state index contributed by atoms with van der Waals surface area (Å²) in [4.78, 5) is 5.33. The van der Waals surface area contributed by atoms with Gasteiger partial charge in [0.1, 0.15) is 5.15 Å². The number of nitrogens with zero attached hydrogens (tertiary/aromatic N) is 1. The minimum atomic E-state index is 0.562. The lowest BCUT2D eigenvalue weighted by atomic mass is 10.4. The normalized spacial score (nSPS) is 10.4. The molecule has 0 aliphatic rings. The van der Waals surface area contributed by atoms with E-state index in [4.69, 9.17) is 11.6 Å². The predicted molar refractivity (Wildman–Crippen MR) is 65.4 cm³/mol. The fraction of sp³-hybridized carbons (Fsp3) is 0. The molecule has 1 aromatic carbocycles. The van der Waals surface area contributed by atoms with Gasteiger partial charge in [0, 0.05) is 14.7 Å². The van der Waals surface area contributed by atoms with E-state index in [2.05, 4.69) is 27.0 Å². The molecule has 0 saturated heterocycles. The summed E-state index contributed by atoms with van der Waals surface area (Å²) in [5.74, 6) is 0. The molecule has 1 heterocycles. The van der Waals surface area contributed by atoms with E-state index in [1.165, 1.54) is 0 Å². The summed E-state index contributed by atoms with van der Waals surface area (Å²) in [6, 6.07) is 8.10. The van der Waals surface area contributed by atoms with E-state index in [0.717, 1.165) is 13.7 Å². The molecule has 5 heteroatoms. The second kappa shape index (κ2) is 4.66. The van der Waals surface area contributed by atoms with Crippen molar-refractivity contribution in [3.8, 4) is 0 Å².